The Morgan fingerprint density at radius 1 is 1.44 bits per heavy atom. The number of halogens is 1. The van der Waals surface area contributed by atoms with E-state index in [9.17, 15) is 19.5 Å². The van der Waals surface area contributed by atoms with Crippen molar-refractivity contribution >= 4 is 41.2 Å². The maximum Gasteiger partial charge on any atom is 0.325 e. The highest BCUT2D eigenvalue weighted by atomic mass is 35.5. The van der Waals surface area contributed by atoms with Crippen LogP contribution < -0.4 is 10.6 Å². The van der Waals surface area contributed by atoms with E-state index in [1.807, 2.05) is 6.92 Å². The van der Waals surface area contributed by atoms with Gasteiger partial charge >= 0.3 is 12.0 Å². The molecule has 0 bridgehead atoms. The van der Waals surface area contributed by atoms with Crippen LogP contribution in [0, 0.1) is 6.92 Å². The number of carboxylic acid groups (broad SMARTS) is 1. The van der Waals surface area contributed by atoms with Gasteiger partial charge in [-0.05, 0) is 24.6 Å². The van der Waals surface area contributed by atoms with Crippen LogP contribution in [0.1, 0.15) is 5.56 Å². The second-order valence-electron chi connectivity index (χ2n) is 5.83. The van der Waals surface area contributed by atoms with Crippen LogP contribution in [-0.2, 0) is 9.59 Å². The fraction of sp³-hybridized carbons (Fsp3) is 0.333. The molecule has 1 aromatic rings. The molecular formula is C15H16ClN5O4. The van der Waals surface area contributed by atoms with Crippen molar-refractivity contribution in [3.63, 3.8) is 0 Å². The minimum absolute atomic E-state index is 0.189. The van der Waals surface area contributed by atoms with Gasteiger partial charge in [-0.1, -0.05) is 17.7 Å². The van der Waals surface area contributed by atoms with Crippen LogP contribution in [0.15, 0.2) is 23.2 Å². The molecule has 2 aliphatic rings. The monoisotopic (exact) mass is 365 g/mol. The Balaban J connectivity index is 1.94. The normalized spacial score (nSPS) is 22.4. The number of guanidine groups is 1. The van der Waals surface area contributed by atoms with E-state index in [4.69, 9.17) is 11.6 Å². The molecule has 3 N–H and O–H groups in total. The molecule has 0 saturated carbocycles. The molecule has 10 heteroatoms. The second-order valence-corrected chi connectivity index (χ2v) is 6.23. The summed E-state index contributed by atoms with van der Waals surface area (Å²) in [7, 11) is 1.49. The summed E-state index contributed by atoms with van der Waals surface area (Å²) in [4.78, 5) is 42.1. The molecular weight excluding hydrogens is 350 g/mol. The van der Waals surface area contributed by atoms with Gasteiger partial charge in [0.15, 0.2) is 12.2 Å². The lowest BCUT2D eigenvalue weighted by atomic mass is 10.1. The SMILES string of the molecule is Cc1ccc(NC2=NC3C(C(=O)NC(=O)N3C)N2CC(=O)O)cc1Cl. The molecule has 3 amide bonds. The maximum atomic E-state index is 12.2. The fourth-order valence-corrected chi connectivity index (χ4v) is 2.93. The molecule has 2 aliphatic heterocycles. The third-order valence-corrected chi connectivity index (χ3v) is 4.50. The number of carboxylic acids is 1. The van der Waals surface area contributed by atoms with Gasteiger partial charge in [0.05, 0.1) is 0 Å². The number of likely N-dealkylation sites (N-methyl/N-ethyl adjacent to an activating group) is 1. The third kappa shape index (κ3) is 3.10. The topological polar surface area (TPSA) is 114 Å². The van der Waals surface area contributed by atoms with E-state index in [-0.39, 0.29) is 5.96 Å². The van der Waals surface area contributed by atoms with E-state index in [1.54, 1.807) is 18.2 Å². The molecule has 0 spiro atoms. The van der Waals surface area contributed by atoms with Gasteiger partial charge in [0.25, 0.3) is 5.91 Å². The molecule has 0 radical (unpaired) electrons. The summed E-state index contributed by atoms with van der Waals surface area (Å²) >= 11 is 6.10. The smallest absolute Gasteiger partial charge is 0.325 e. The Morgan fingerprint density at radius 2 is 2.16 bits per heavy atom. The zero-order valence-electron chi connectivity index (χ0n) is 13.5. The summed E-state index contributed by atoms with van der Waals surface area (Å²) < 4.78 is 0. The van der Waals surface area contributed by atoms with E-state index in [2.05, 4.69) is 15.6 Å². The largest absolute Gasteiger partial charge is 0.480 e. The third-order valence-electron chi connectivity index (χ3n) is 4.09. The molecule has 1 aromatic carbocycles. The first-order valence-electron chi connectivity index (χ1n) is 7.45. The summed E-state index contributed by atoms with van der Waals surface area (Å²) in [6.07, 6.45) is -0.802. The highest BCUT2D eigenvalue weighted by molar-refractivity contribution is 6.31. The lowest BCUT2D eigenvalue weighted by molar-refractivity contribution is -0.138. The molecule has 0 aromatic heterocycles. The number of hydrogen-bond acceptors (Lipinski definition) is 6. The van der Waals surface area contributed by atoms with Crippen molar-refractivity contribution in [1.82, 2.24) is 15.1 Å². The van der Waals surface area contributed by atoms with Crippen molar-refractivity contribution in [3.05, 3.63) is 28.8 Å². The predicted octanol–water partition coefficient (Wildman–Crippen LogP) is 0.693. The number of carbonyl (C=O) groups excluding carboxylic acids is 2. The summed E-state index contributed by atoms with van der Waals surface area (Å²) in [5.74, 6) is -1.52. The minimum Gasteiger partial charge on any atom is -0.480 e. The first-order valence-corrected chi connectivity index (χ1v) is 7.83. The molecule has 0 aliphatic carbocycles. The van der Waals surface area contributed by atoms with E-state index < -0.39 is 36.7 Å². The number of rotatable bonds is 3. The first kappa shape index (κ1) is 17.0. The number of aryl methyl sites for hydroxylation is 1. The lowest BCUT2D eigenvalue weighted by Gasteiger charge is -2.35. The number of imide groups is 1. The molecule has 2 atom stereocenters. The number of amides is 3. The Bertz CT molecular complexity index is 796. The van der Waals surface area contributed by atoms with E-state index in [0.29, 0.717) is 10.7 Å². The summed E-state index contributed by atoms with van der Waals surface area (Å²) in [6, 6.07) is 3.75. The number of benzene rings is 1. The average Bonchev–Trinajstić information content (AvgIpc) is 2.87. The van der Waals surface area contributed by atoms with Gasteiger partial charge in [-0.3, -0.25) is 14.9 Å². The Kier molecular flexibility index (Phi) is 4.25. The molecule has 2 heterocycles. The quantitative estimate of drug-likeness (QED) is 0.726. The average molecular weight is 366 g/mol. The predicted molar refractivity (Wildman–Crippen MR) is 90.5 cm³/mol. The molecule has 2 unspecified atom stereocenters. The Labute approximate surface area is 148 Å². The van der Waals surface area contributed by atoms with Crippen molar-refractivity contribution < 1.29 is 19.5 Å². The zero-order chi connectivity index (χ0) is 18.3. The number of carbonyl (C=O) groups is 3. The van der Waals surface area contributed by atoms with Gasteiger partial charge < -0.3 is 20.2 Å². The first-order chi connectivity index (χ1) is 11.8. The second kappa shape index (κ2) is 6.25. The van der Waals surface area contributed by atoms with Gasteiger partial charge in [-0.25, -0.2) is 9.79 Å². The lowest BCUT2D eigenvalue weighted by Crippen LogP contribution is -2.64. The van der Waals surface area contributed by atoms with Crippen LogP contribution in [0.5, 0.6) is 0 Å². The number of nitrogens with one attached hydrogen (secondary N) is 2. The van der Waals surface area contributed by atoms with Crippen molar-refractivity contribution in [2.75, 3.05) is 18.9 Å². The summed E-state index contributed by atoms with van der Waals surface area (Å²) in [6.45, 7) is 1.41. The van der Waals surface area contributed by atoms with Crippen LogP contribution in [0.2, 0.25) is 5.02 Å². The van der Waals surface area contributed by atoms with E-state index in [1.165, 1.54) is 16.8 Å². The molecule has 3 rings (SSSR count). The van der Waals surface area contributed by atoms with Gasteiger partial charge in [0, 0.05) is 17.8 Å². The van der Waals surface area contributed by atoms with Gasteiger partial charge in [-0.2, -0.15) is 0 Å². The van der Waals surface area contributed by atoms with Crippen LogP contribution in [0.25, 0.3) is 0 Å². The highest BCUT2D eigenvalue weighted by Gasteiger charge is 2.49. The van der Waals surface area contributed by atoms with Crippen LogP contribution >= 0.6 is 11.6 Å². The van der Waals surface area contributed by atoms with Crippen molar-refractivity contribution in [2.45, 2.75) is 19.1 Å². The number of aliphatic imine (C=N–C) groups is 1. The standard InChI is InChI=1S/C15H16ClN5O4/c1-7-3-4-8(5-9(7)16)17-14-18-12-11(21(14)6-10(22)23)13(24)19-15(25)20(12)2/h3-5,11-12H,6H2,1-2H3,(H,17,18)(H,22,23)(H,19,24,25). The molecule has 1 saturated heterocycles. The summed E-state index contributed by atoms with van der Waals surface area (Å²) in [5.41, 5.74) is 1.49. The number of nitrogens with zero attached hydrogens (tertiary/aromatic N) is 3. The number of urea groups is 1. The number of hydrogen-bond donors (Lipinski definition) is 3. The molecule has 132 valence electrons. The number of fused-ring (bicyclic) bond motifs is 1. The number of aliphatic carboxylic acids is 1. The highest BCUT2D eigenvalue weighted by Crippen LogP contribution is 2.26. The number of anilines is 1. The van der Waals surface area contributed by atoms with Crippen LogP contribution in [-0.4, -0.2) is 64.6 Å². The Morgan fingerprint density at radius 3 is 2.80 bits per heavy atom. The molecule has 1 fully saturated rings. The Hall–Kier alpha value is -2.81. The van der Waals surface area contributed by atoms with E-state index >= 15 is 0 Å². The summed E-state index contributed by atoms with van der Waals surface area (Å²) in [5, 5.41) is 14.9. The maximum absolute atomic E-state index is 12.2. The van der Waals surface area contributed by atoms with Crippen molar-refractivity contribution in [2.24, 2.45) is 4.99 Å². The zero-order valence-corrected chi connectivity index (χ0v) is 14.2. The minimum atomic E-state index is -1.12. The van der Waals surface area contributed by atoms with Crippen LogP contribution in [0.3, 0.4) is 0 Å². The van der Waals surface area contributed by atoms with Gasteiger partial charge in [0.1, 0.15) is 6.54 Å². The van der Waals surface area contributed by atoms with Crippen molar-refractivity contribution in [1.29, 1.82) is 0 Å². The van der Waals surface area contributed by atoms with Crippen LogP contribution in [0.4, 0.5) is 10.5 Å². The van der Waals surface area contributed by atoms with Crippen molar-refractivity contribution in [3.8, 4) is 0 Å². The molecule has 25 heavy (non-hydrogen) atoms. The van der Waals surface area contributed by atoms with E-state index in [0.717, 1.165) is 5.56 Å². The molecule has 9 nitrogen and oxygen atoms in total. The van der Waals surface area contributed by atoms with Gasteiger partial charge in [0.2, 0.25) is 5.96 Å². The fourth-order valence-electron chi connectivity index (χ4n) is 2.75. The van der Waals surface area contributed by atoms with Gasteiger partial charge in [-0.15, -0.1) is 0 Å².